The highest BCUT2D eigenvalue weighted by Gasteiger charge is 2.14. The van der Waals surface area contributed by atoms with Gasteiger partial charge >= 0.3 is 5.69 Å². The van der Waals surface area contributed by atoms with Crippen LogP contribution in [0.1, 0.15) is 5.76 Å². The number of rotatable bonds is 6. The predicted octanol–water partition coefficient (Wildman–Crippen LogP) is 2.32. The Labute approximate surface area is 138 Å². The highest BCUT2D eigenvalue weighted by atomic mass is 127. The molecule has 0 aliphatic carbocycles. The van der Waals surface area contributed by atoms with Gasteiger partial charge in [0.1, 0.15) is 5.76 Å². The standard InChI is InChI=1S/C13H10IN3O5/c14-12-6-5-9(22-12)7-15-16-13(18)8-21-11-4-2-1-3-10(11)17(19)20/h1-7H,8H2,(H,16,18)/b15-7-. The molecule has 1 amide bonds. The van der Waals surface area contributed by atoms with Crippen LogP contribution in [0.25, 0.3) is 0 Å². The molecule has 2 aromatic rings. The van der Waals surface area contributed by atoms with Crippen molar-refractivity contribution in [1.82, 2.24) is 5.43 Å². The van der Waals surface area contributed by atoms with Crippen LogP contribution in [0.5, 0.6) is 5.75 Å². The third kappa shape index (κ3) is 4.55. The number of nitro groups is 1. The molecule has 1 heterocycles. The Hall–Kier alpha value is -2.43. The Balaban J connectivity index is 1.85. The third-order valence-electron chi connectivity index (χ3n) is 2.40. The number of hydrogen-bond donors (Lipinski definition) is 1. The summed E-state index contributed by atoms with van der Waals surface area (Å²) in [5.74, 6) is -0.0350. The van der Waals surface area contributed by atoms with Crippen LogP contribution in [-0.4, -0.2) is 23.7 Å². The monoisotopic (exact) mass is 415 g/mol. The highest BCUT2D eigenvalue weighted by Crippen LogP contribution is 2.25. The summed E-state index contributed by atoms with van der Waals surface area (Å²) in [4.78, 5) is 21.7. The number of ether oxygens (including phenoxy) is 1. The molecule has 22 heavy (non-hydrogen) atoms. The van der Waals surface area contributed by atoms with Gasteiger partial charge < -0.3 is 9.15 Å². The number of furan rings is 1. The lowest BCUT2D eigenvalue weighted by molar-refractivity contribution is -0.385. The first kappa shape index (κ1) is 15.9. The van der Waals surface area contributed by atoms with E-state index in [4.69, 9.17) is 9.15 Å². The minimum Gasteiger partial charge on any atom is -0.477 e. The molecule has 0 radical (unpaired) electrons. The number of hydrazone groups is 1. The number of amides is 1. The largest absolute Gasteiger partial charge is 0.477 e. The summed E-state index contributed by atoms with van der Waals surface area (Å²) < 4.78 is 11.0. The summed E-state index contributed by atoms with van der Waals surface area (Å²) in [5, 5.41) is 14.5. The summed E-state index contributed by atoms with van der Waals surface area (Å²) >= 11 is 2.00. The topological polar surface area (TPSA) is 107 Å². The van der Waals surface area contributed by atoms with Crippen molar-refractivity contribution < 1.29 is 18.9 Å². The van der Waals surface area contributed by atoms with Crippen LogP contribution in [0.2, 0.25) is 0 Å². The van der Waals surface area contributed by atoms with Gasteiger partial charge in [-0.3, -0.25) is 14.9 Å². The minimum atomic E-state index is -0.579. The van der Waals surface area contributed by atoms with Crippen molar-refractivity contribution in [2.45, 2.75) is 0 Å². The minimum absolute atomic E-state index is 0.0206. The molecule has 1 N–H and O–H groups in total. The molecule has 0 fully saturated rings. The van der Waals surface area contributed by atoms with E-state index in [1.165, 1.54) is 24.4 Å². The van der Waals surface area contributed by atoms with E-state index in [-0.39, 0.29) is 11.4 Å². The van der Waals surface area contributed by atoms with Crippen LogP contribution < -0.4 is 10.2 Å². The van der Waals surface area contributed by atoms with Crippen molar-refractivity contribution in [3.63, 3.8) is 0 Å². The normalized spacial score (nSPS) is 10.6. The number of hydrogen-bond acceptors (Lipinski definition) is 6. The van der Waals surface area contributed by atoms with Gasteiger partial charge in [-0.05, 0) is 40.8 Å². The molecule has 1 aromatic carbocycles. The van der Waals surface area contributed by atoms with Crippen molar-refractivity contribution >= 4 is 40.4 Å². The SMILES string of the molecule is O=C(COc1ccccc1[N+](=O)[O-])N/N=C\c1ccc(I)o1. The Bertz CT molecular complexity index is 713. The fraction of sp³-hybridized carbons (Fsp3) is 0.0769. The molecule has 0 saturated carbocycles. The van der Waals surface area contributed by atoms with E-state index in [1.807, 2.05) is 22.6 Å². The molecule has 2 rings (SSSR count). The maximum atomic E-state index is 11.5. The van der Waals surface area contributed by atoms with Gasteiger partial charge in [0.2, 0.25) is 0 Å². The summed E-state index contributed by atoms with van der Waals surface area (Å²) in [6.07, 6.45) is 1.34. The lowest BCUT2D eigenvalue weighted by Gasteiger charge is -2.05. The summed E-state index contributed by atoms with van der Waals surface area (Å²) in [6.45, 7) is -0.391. The number of halogens is 1. The Morgan fingerprint density at radius 2 is 2.18 bits per heavy atom. The first-order valence-electron chi connectivity index (χ1n) is 5.99. The van der Waals surface area contributed by atoms with E-state index in [0.29, 0.717) is 9.53 Å². The van der Waals surface area contributed by atoms with E-state index in [1.54, 1.807) is 18.2 Å². The van der Waals surface area contributed by atoms with E-state index in [0.717, 1.165) is 0 Å². The number of carbonyl (C=O) groups is 1. The quantitative estimate of drug-likeness (QED) is 0.337. The highest BCUT2D eigenvalue weighted by molar-refractivity contribution is 14.1. The summed E-state index contributed by atoms with van der Waals surface area (Å²) in [7, 11) is 0. The van der Waals surface area contributed by atoms with Gasteiger partial charge in [-0.1, -0.05) is 12.1 Å². The average Bonchev–Trinajstić information content (AvgIpc) is 2.91. The van der Waals surface area contributed by atoms with E-state index >= 15 is 0 Å². The Kier molecular flexibility index (Phi) is 5.47. The second-order valence-electron chi connectivity index (χ2n) is 3.95. The Morgan fingerprint density at radius 3 is 2.86 bits per heavy atom. The Morgan fingerprint density at radius 1 is 1.41 bits per heavy atom. The maximum absolute atomic E-state index is 11.5. The van der Waals surface area contributed by atoms with Gasteiger partial charge in [0.25, 0.3) is 5.91 Å². The van der Waals surface area contributed by atoms with Gasteiger partial charge in [-0.15, -0.1) is 0 Å². The molecule has 0 spiro atoms. The lowest BCUT2D eigenvalue weighted by atomic mass is 10.3. The molecule has 114 valence electrons. The number of nitrogens with one attached hydrogen (secondary N) is 1. The van der Waals surface area contributed by atoms with Crippen LogP contribution >= 0.6 is 22.6 Å². The van der Waals surface area contributed by atoms with Crippen molar-refractivity contribution in [3.8, 4) is 5.75 Å². The predicted molar refractivity (Wildman–Crippen MR) is 85.8 cm³/mol. The van der Waals surface area contributed by atoms with E-state index in [9.17, 15) is 14.9 Å². The molecule has 0 aliphatic heterocycles. The van der Waals surface area contributed by atoms with Crippen molar-refractivity contribution in [2.24, 2.45) is 5.10 Å². The number of benzene rings is 1. The molecule has 9 heteroatoms. The molecule has 8 nitrogen and oxygen atoms in total. The molecule has 0 aliphatic rings. The van der Waals surface area contributed by atoms with Gasteiger partial charge in [-0.25, -0.2) is 5.43 Å². The first-order chi connectivity index (χ1) is 10.6. The fourth-order valence-electron chi connectivity index (χ4n) is 1.47. The molecule has 0 unspecified atom stereocenters. The zero-order chi connectivity index (χ0) is 15.9. The lowest BCUT2D eigenvalue weighted by Crippen LogP contribution is -2.24. The van der Waals surface area contributed by atoms with Gasteiger partial charge in [0.15, 0.2) is 16.1 Å². The zero-order valence-corrected chi connectivity index (χ0v) is 13.2. The van der Waals surface area contributed by atoms with Gasteiger partial charge in [-0.2, -0.15) is 5.10 Å². The van der Waals surface area contributed by atoms with Crippen LogP contribution in [0.15, 0.2) is 45.9 Å². The van der Waals surface area contributed by atoms with Crippen LogP contribution in [0, 0.1) is 13.9 Å². The van der Waals surface area contributed by atoms with E-state index < -0.39 is 17.4 Å². The molecule has 0 atom stereocenters. The van der Waals surface area contributed by atoms with Crippen LogP contribution in [-0.2, 0) is 4.79 Å². The van der Waals surface area contributed by atoms with Crippen molar-refractivity contribution in [2.75, 3.05) is 6.61 Å². The van der Waals surface area contributed by atoms with Crippen LogP contribution in [0.4, 0.5) is 5.69 Å². The molecule has 0 saturated heterocycles. The molecule has 1 aromatic heterocycles. The molecular formula is C13H10IN3O5. The average molecular weight is 415 g/mol. The molecule has 0 bridgehead atoms. The summed E-state index contributed by atoms with van der Waals surface area (Å²) in [5.41, 5.74) is 2.03. The smallest absolute Gasteiger partial charge is 0.310 e. The zero-order valence-electron chi connectivity index (χ0n) is 11.1. The maximum Gasteiger partial charge on any atom is 0.310 e. The number of para-hydroxylation sites is 2. The summed E-state index contributed by atoms with van der Waals surface area (Å²) in [6, 6.07) is 9.25. The third-order valence-corrected chi connectivity index (χ3v) is 2.98. The van der Waals surface area contributed by atoms with Crippen molar-refractivity contribution in [1.29, 1.82) is 0 Å². The fourth-order valence-corrected chi connectivity index (χ4v) is 1.91. The first-order valence-corrected chi connectivity index (χ1v) is 7.07. The second kappa shape index (κ2) is 7.54. The van der Waals surface area contributed by atoms with Gasteiger partial charge in [0.05, 0.1) is 11.1 Å². The number of carbonyl (C=O) groups excluding carboxylic acids is 1. The molecular weight excluding hydrogens is 405 g/mol. The van der Waals surface area contributed by atoms with Crippen molar-refractivity contribution in [3.05, 3.63) is 56.0 Å². The van der Waals surface area contributed by atoms with Crippen LogP contribution in [0.3, 0.4) is 0 Å². The van der Waals surface area contributed by atoms with E-state index in [2.05, 4.69) is 10.5 Å². The number of nitrogens with zero attached hydrogens (tertiary/aromatic N) is 2. The second-order valence-corrected chi connectivity index (χ2v) is 5.01. The number of nitro benzene ring substituents is 1. The van der Waals surface area contributed by atoms with Gasteiger partial charge in [0, 0.05) is 6.07 Å².